The zero-order valence-electron chi connectivity index (χ0n) is 24.2. The van der Waals surface area contributed by atoms with E-state index in [-0.39, 0.29) is 30.9 Å². The monoisotopic (exact) mass is 564 g/mol. The molecule has 0 radical (unpaired) electrons. The Balaban J connectivity index is 1.65. The fourth-order valence-electron chi connectivity index (χ4n) is 4.36. The summed E-state index contributed by atoms with van der Waals surface area (Å²) in [5.41, 5.74) is 1.95. The molecule has 10 nitrogen and oxygen atoms in total. The van der Waals surface area contributed by atoms with Gasteiger partial charge in [-0.15, -0.1) is 5.10 Å². The summed E-state index contributed by atoms with van der Waals surface area (Å²) in [6.45, 7) is 8.02. The number of rotatable bonds is 15. The second kappa shape index (κ2) is 15.5. The highest BCUT2D eigenvalue weighted by molar-refractivity contribution is 5.99. The maximum absolute atomic E-state index is 13.4. The molecule has 0 bridgehead atoms. The number of amides is 2. The summed E-state index contributed by atoms with van der Waals surface area (Å²) >= 11 is 0. The van der Waals surface area contributed by atoms with Crippen LogP contribution in [0.1, 0.15) is 68.8 Å². The number of benzene rings is 2. The number of ether oxygens (including phenoxy) is 1. The Bertz CT molecular complexity index is 1320. The van der Waals surface area contributed by atoms with Crippen LogP contribution in [0.2, 0.25) is 0 Å². The molecule has 0 aliphatic carbocycles. The molecule has 2 aromatic carbocycles. The summed E-state index contributed by atoms with van der Waals surface area (Å²) < 4.78 is 11.6. The normalized spacial score (nSPS) is 12.6. The zero-order chi connectivity index (χ0) is 29.8. The predicted molar refractivity (Wildman–Crippen MR) is 154 cm³/mol. The van der Waals surface area contributed by atoms with Crippen LogP contribution in [0.25, 0.3) is 0 Å². The van der Waals surface area contributed by atoms with Gasteiger partial charge in [0.2, 0.25) is 11.7 Å². The van der Waals surface area contributed by atoms with Gasteiger partial charge in [-0.05, 0) is 48.6 Å². The molecule has 2 atom stereocenters. The highest BCUT2D eigenvalue weighted by Crippen LogP contribution is 2.13. The second-order valence-electron chi connectivity index (χ2n) is 10.9. The summed E-state index contributed by atoms with van der Waals surface area (Å²) in [4.78, 5) is 51.6. The van der Waals surface area contributed by atoms with E-state index in [1.165, 1.54) is 0 Å². The van der Waals surface area contributed by atoms with Gasteiger partial charge in [0.25, 0.3) is 5.89 Å². The van der Waals surface area contributed by atoms with Crippen LogP contribution in [0.15, 0.2) is 69.9 Å². The number of Topliss-reactive ketones (excluding diaryl/α,β-unsaturated/α-hetero) is 1. The van der Waals surface area contributed by atoms with Gasteiger partial charge in [0, 0.05) is 6.54 Å². The smallest absolute Gasteiger partial charge is 0.437 e. The highest BCUT2D eigenvalue weighted by Gasteiger charge is 2.31. The number of aryl methyl sites for hydroxylation is 2. The number of ketones is 1. The fourth-order valence-corrected chi connectivity index (χ4v) is 4.36. The Morgan fingerprint density at radius 1 is 0.854 bits per heavy atom. The largest absolute Gasteiger partial charge is 0.445 e. The lowest BCUT2D eigenvalue weighted by Crippen LogP contribution is -2.52. The third-order valence-electron chi connectivity index (χ3n) is 6.36. The lowest BCUT2D eigenvalue weighted by atomic mass is 9.98. The Labute approximate surface area is 240 Å². The first-order valence-corrected chi connectivity index (χ1v) is 14.1. The molecule has 10 heteroatoms. The minimum atomic E-state index is -0.991. The van der Waals surface area contributed by atoms with Crippen LogP contribution in [-0.4, -0.2) is 39.6 Å². The predicted octanol–water partition coefficient (Wildman–Crippen LogP) is 4.52. The Kier molecular flexibility index (Phi) is 11.9. The van der Waals surface area contributed by atoms with Gasteiger partial charge < -0.3 is 19.8 Å². The molecule has 0 spiro atoms. The second-order valence-corrected chi connectivity index (χ2v) is 10.9. The molecular formula is C31H40N4O6. The van der Waals surface area contributed by atoms with Crippen LogP contribution >= 0.6 is 0 Å². The lowest BCUT2D eigenvalue weighted by Gasteiger charge is -2.24. The van der Waals surface area contributed by atoms with Crippen molar-refractivity contribution in [3.63, 3.8) is 0 Å². The SMILES string of the molecule is CC(C)CC(NC(=O)OCc1ccccc1)C(=O)NC(CC(C)C)C(=O)c1nn(CCCc2ccccc2)c(=O)o1. The number of nitrogens with zero attached hydrogens (tertiary/aromatic N) is 2. The van der Waals surface area contributed by atoms with Crippen LogP contribution in [0.4, 0.5) is 4.79 Å². The molecule has 220 valence electrons. The van der Waals surface area contributed by atoms with Crippen LogP contribution in [0.3, 0.4) is 0 Å². The standard InChI is InChI=1S/C31H40N4O6/c1-21(2)18-25(27(36)29-34-35(31(39)41-29)17-11-16-23-12-7-5-8-13-23)32-28(37)26(19-22(3)4)33-30(38)40-20-24-14-9-6-10-15-24/h5-10,12-15,21-22,25-26H,11,16-20H2,1-4H3,(H,32,37)(H,33,38). The van der Waals surface area contributed by atoms with Crippen LogP contribution in [0.5, 0.6) is 0 Å². The maximum Gasteiger partial charge on any atom is 0.437 e. The van der Waals surface area contributed by atoms with E-state index in [4.69, 9.17) is 9.15 Å². The number of alkyl carbamates (subject to hydrolysis) is 1. The van der Waals surface area contributed by atoms with Gasteiger partial charge in [0.1, 0.15) is 12.6 Å². The van der Waals surface area contributed by atoms with Gasteiger partial charge in [-0.25, -0.2) is 9.59 Å². The van der Waals surface area contributed by atoms with Crippen molar-refractivity contribution < 1.29 is 23.5 Å². The van der Waals surface area contributed by atoms with Gasteiger partial charge in [-0.1, -0.05) is 88.4 Å². The van der Waals surface area contributed by atoms with E-state index in [9.17, 15) is 19.2 Å². The van der Waals surface area contributed by atoms with Crippen molar-refractivity contribution >= 4 is 17.8 Å². The number of carbonyl (C=O) groups is 3. The van der Waals surface area contributed by atoms with Gasteiger partial charge in [-0.2, -0.15) is 4.68 Å². The molecule has 41 heavy (non-hydrogen) atoms. The number of hydrogen-bond acceptors (Lipinski definition) is 7. The average Bonchev–Trinajstić information content (AvgIpc) is 3.31. The molecule has 0 saturated carbocycles. The molecule has 0 fully saturated rings. The van der Waals surface area contributed by atoms with Crippen LogP contribution in [0, 0.1) is 11.8 Å². The van der Waals surface area contributed by atoms with Crippen molar-refractivity contribution in [1.82, 2.24) is 20.4 Å². The molecule has 0 aliphatic rings. The Hall–Kier alpha value is -4.21. The van der Waals surface area contributed by atoms with Crippen molar-refractivity contribution in [2.45, 2.75) is 78.6 Å². The first-order chi connectivity index (χ1) is 19.6. The molecule has 1 heterocycles. The van der Waals surface area contributed by atoms with Crippen LogP contribution < -0.4 is 16.4 Å². The van der Waals surface area contributed by atoms with Crippen molar-refractivity contribution in [3.05, 3.63) is 88.2 Å². The average molecular weight is 565 g/mol. The lowest BCUT2D eigenvalue weighted by molar-refractivity contribution is -0.124. The molecule has 2 amide bonds. The molecule has 3 rings (SSSR count). The number of aromatic nitrogens is 2. The van der Waals surface area contributed by atoms with E-state index in [0.29, 0.717) is 19.3 Å². The first kappa shape index (κ1) is 31.3. The maximum atomic E-state index is 13.4. The molecular weight excluding hydrogens is 524 g/mol. The summed E-state index contributed by atoms with van der Waals surface area (Å²) in [7, 11) is 0. The first-order valence-electron chi connectivity index (χ1n) is 14.1. The molecule has 2 unspecified atom stereocenters. The summed E-state index contributed by atoms with van der Waals surface area (Å²) in [6.07, 6.45) is 1.27. The van der Waals surface area contributed by atoms with E-state index >= 15 is 0 Å². The third kappa shape index (κ3) is 10.4. The van der Waals surface area contributed by atoms with Gasteiger partial charge >= 0.3 is 11.8 Å². The van der Waals surface area contributed by atoms with Crippen LogP contribution in [-0.2, 0) is 29.1 Å². The van der Waals surface area contributed by atoms with Crippen molar-refractivity contribution in [1.29, 1.82) is 0 Å². The van der Waals surface area contributed by atoms with Crippen molar-refractivity contribution in [2.24, 2.45) is 11.8 Å². The molecule has 0 aliphatic heterocycles. The summed E-state index contributed by atoms with van der Waals surface area (Å²) in [5, 5.41) is 9.50. The van der Waals surface area contributed by atoms with Gasteiger partial charge in [-0.3, -0.25) is 9.59 Å². The summed E-state index contributed by atoms with van der Waals surface area (Å²) in [6, 6.07) is 17.1. The summed E-state index contributed by atoms with van der Waals surface area (Å²) in [5.74, 6) is -2.09. The quantitative estimate of drug-likeness (QED) is 0.259. The molecule has 2 N–H and O–H groups in total. The van der Waals surface area contributed by atoms with E-state index in [1.807, 2.05) is 88.4 Å². The molecule has 1 aromatic heterocycles. The van der Waals surface area contributed by atoms with Gasteiger partial charge in [0.05, 0.1) is 6.04 Å². The zero-order valence-corrected chi connectivity index (χ0v) is 24.2. The minimum Gasteiger partial charge on any atom is -0.445 e. The van der Waals surface area contributed by atoms with Crippen molar-refractivity contribution in [2.75, 3.05) is 0 Å². The minimum absolute atomic E-state index is 0.0382. The number of hydrogen-bond donors (Lipinski definition) is 2. The highest BCUT2D eigenvalue weighted by atomic mass is 16.5. The topological polar surface area (TPSA) is 133 Å². The van der Waals surface area contributed by atoms with E-state index < -0.39 is 35.6 Å². The number of nitrogens with one attached hydrogen (secondary N) is 2. The molecule has 3 aromatic rings. The van der Waals surface area contributed by atoms with E-state index in [0.717, 1.165) is 22.2 Å². The fraction of sp³-hybridized carbons (Fsp3) is 0.452. The van der Waals surface area contributed by atoms with E-state index in [1.54, 1.807) is 0 Å². The van der Waals surface area contributed by atoms with E-state index in [2.05, 4.69) is 15.7 Å². The van der Waals surface area contributed by atoms with Crippen molar-refractivity contribution in [3.8, 4) is 0 Å². The molecule has 0 saturated heterocycles. The number of carbonyl (C=O) groups excluding carboxylic acids is 3. The Morgan fingerprint density at radius 3 is 2.05 bits per heavy atom. The third-order valence-corrected chi connectivity index (χ3v) is 6.36. The van der Waals surface area contributed by atoms with Gasteiger partial charge in [0.15, 0.2) is 0 Å². The Morgan fingerprint density at radius 2 is 1.44 bits per heavy atom.